The molecule has 0 radical (unpaired) electrons. The van der Waals surface area contributed by atoms with E-state index in [1.807, 2.05) is 0 Å². The zero-order valence-electron chi connectivity index (χ0n) is 6.75. The average Bonchev–Trinajstić information content (AvgIpc) is 2.27. The Kier molecular flexibility index (Phi) is 3.32. The molecule has 0 aliphatic rings. The summed E-state index contributed by atoms with van der Waals surface area (Å²) in [6.07, 6.45) is -4.35. The van der Waals surface area contributed by atoms with Crippen molar-refractivity contribution in [2.75, 3.05) is 12.3 Å². The van der Waals surface area contributed by atoms with Crippen LogP contribution in [0.15, 0.2) is 4.73 Å². The van der Waals surface area contributed by atoms with E-state index in [1.165, 1.54) is 0 Å². The molecule has 1 rings (SSSR count). The molecule has 0 fully saturated rings. The lowest BCUT2D eigenvalue weighted by Gasteiger charge is -2.07. The molecule has 0 unspecified atom stereocenters. The summed E-state index contributed by atoms with van der Waals surface area (Å²) in [5.41, 5.74) is 5.19. The molecule has 5 nitrogen and oxygen atoms in total. The largest absolute Gasteiger partial charge is 0.411 e. The first-order valence-corrected chi connectivity index (χ1v) is 4.18. The minimum Gasteiger partial charge on any atom is -0.366 e. The normalized spacial score (nSPS) is 12.0. The zero-order chi connectivity index (χ0) is 10.8. The molecule has 0 bridgehead atoms. The van der Waals surface area contributed by atoms with Crippen LogP contribution in [-0.2, 0) is 11.5 Å². The van der Waals surface area contributed by atoms with Gasteiger partial charge >= 0.3 is 6.18 Å². The molecule has 1 aromatic heterocycles. The molecule has 0 spiro atoms. The molecule has 0 saturated heterocycles. The molecule has 0 aliphatic carbocycles. The average molecular weight is 275 g/mol. The lowest BCUT2D eigenvalue weighted by atomic mass is 10.7. The summed E-state index contributed by atoms with van der Waals surface area (Å²) in [4.78, 5) is 3.61. The number of halogens is 4. The quantitative estimate of drug-likeness (QED) is 0.898. The van der Waals surface area contributed by atoms with Gasteiger partial charge in [0.1, 0.15) is 13.3 Å². The van der Waals surface area contributed by atoms with Crippen molar-refractivity contribution in [3.8, 4) is 0 Å². The molecule has 9 heteroatoms. The van der Waals surface area contributed by atoms with E-state index in [1.54, 1.807) is 0 Å². The van der Waals surface area contributed by atoms with Crippen LogP contribution in [0.2, 0.25) is 0 Å². The molecule has 14 heavy (non-hydrogen) atoms. The van der Waals surface area contributed by atoms with Crippen LogP contribution in [0, 0.1) is 0 Å². The van der Waals surface area contributed by atoms with Crippen LogP contribution < -0.4 is 5.73 Å². The predicted molar refractivity (Wildman–Crippen MR) is 44.1 cm³/mol. The maximum absolute atomic E-state index is 11.7. The van der Waals surface area contributed by atoms with Crippen molar-refractivity contribution >= 4 is 21.9 Å². The van der Waals surface area contributed by atoms with Gasteiger partial charge in [0.2, 0.25) is 5.95 Å². The summed E-state index contributed by atoms with van der Waals surface area (Å²) in [5.74, 6) is -0.0347. The van der Waals surface area contributed by atoms with E-state index in [9.17, 15) is 13.2 Å². The minimum atomic E-state index is -4.35. The highest BCUT2D eigenvalue weighted by molar-refractivity contribution is 9.10. The van der Waals surface area contributed by atoms with Crippen molar-refractivity contribution in [1.82, 2.24) is 14.8 Å². The second-order valence-electron chi connectivity index (χ2n) is 2.33. The monoisotopic (exact) mass is 274 g/mol. The third-order valence-electron chi connectivity index (χ3n) is 1.12. The highest BCUT2D eigenvalue weighted by Gasteiger charge is 2.27. The summed E-state index contributed by atoms with van der Waals surface area (Å²) in [6.45, 7) is -1.69. The summed E-state index contributed by atoms with van der Waals surface area (Å²) in [5, 5.41) is 3.57. The van der Waals surface area contributed by atoms with Gasteiger partial charge in [0, 0.05) is 0 Å². The fourth-order valence-corrected chi connectivity index (χ4v) is 1.03. The number of rotatable bonds is 3. The van der Waals surface area contributed by atoms with Crippen LogP contribution >= 0.6 is 15.9 Å². The summed E-state index contributed by atoms with van der Waals surface area (Å²) in [6, 6.07) is 0. The first-order valence-electron chi connectivity index (χ1n) is 3.39. The molecule has 0 aliphatic heterocycles. The lowest BCUT2D eigenvalue weighted by Crippen LogP contribution is -2.18. The molecule has 0 amide bonds. The molecule has 1 heterocycles. The number of anilines is 1. The summed E-state index contributed by atoms with van der Waals surface area (Å²) >= 11 is 2.95. The Labute approximate surface area is 85.2 Å². The first kappa shape index (κ1) is 11.2. The van der Waals surface area contributed by atoms with Gasteiger partial charge < -0.3 is 10.5 Å². The van der Waals surface area contributed by atoms with Crippen molar-refractivity contribution < 1.29 is 17.9 Å². The molecule has 0 atom stereocenters. The highest BCUT2D eigenvalue weighted by atomic mass is 79.9. The molecule has 1 aromatic rings. The summed E-state index contributed by atoms with van der Waals surface area (Å²) in [7, 11) is 0. The van der Waals surface area contributed by atoms with Gasteiger partial charge in [-0.2, -0.15) is 18.2 Å². The highest BCUT2D eigenvalue weighted by Crippen LogP contribution is 2.15. The number of nitrogen functional groups attached to an aromatic ring is 1. The maximum atomic E-state index is 11.7. The molecule has 80 valence electrons. The summed E-state index contributed by atoms with van der Waals surface area (Å²) < 4.78 is 40.6. The smallest absolute Gasteiger partial charge is 0.366 e. The van der Waals surface area contributed by atoms with E-state index in [-0.39, 0.29) is 17.4 Å². The third kappa shape index (κ3) is 3.50. The van der Waals surface area contributed by atoms with Crippen molar-refractivity contribution in [1.29, 1.82) is 0 Å². The number of alkyl halides is 3. The van der Waals surface area contributed by atoms with Crippen LogP contribution in [0.5, 0.6) is 0 Å². The Morgan fingerprint density at radius 3 is 2.57 bits per heavy atom. The van der Waals surface area contributed by atoms with Crippen LogP contribution in [0.25, 0.3) is 0 Å². The van der Waals surface area contributed by atoms with E-state index < -0.39 is 12.8 Å². The number of hydrogen-bond donors (Lipinski definition) is 1. The Morgan fingerprint density at radius 1 is 1.50 bits per heavy atom. The van der Waals surface area contributed by atoms with E-state index in [0.29, 0.717) is 0 Å². The van der Waals surface area contributed by atoms with Gasteiger partial charge in [0.05, 0.1) is 0 Å². The lowest BCUT2D eigenvalue weighted by molar-refractivity contribution is -0.182. The van der Waals surface area contributed by atoms with Crippen molar-refractivity contribution in [2.24, 2.45) is 0 Å². The Bertz CT molecular complexity index is 312. The van der Waals surface area contributed by atoms with Crippen molar-refractivity contribution in [3.63, 3.8) is 0 Å². The van der Waals surface area contributed by atoms with E-state index >= 15 is 0 Å². The molecular weight excluding hydrogens is 269 g/mol. The maximum Gasteiger partial charge on any atom is 0.411 e. The number of aromatic nitrogens is 3. The van der Waals surface area contributed by atoms with Crippen LogP contribution in [-0.4, -0.2) is 27.5 Å². The van der Waals surface area contributed by atoms with E-state index in [4.69, 9.17) is 5.73 Å². The van der Waals surface area contributed by atoms with Gasteiger partial charge in [-0.05, 0) is 15.9 Å². The van der Waals surface area contributed by atoms with Crippen LogP contribution in [0.1, 0.15) is 0 Å². The molecular formula is C5H6BrF3N4O. The van der Waals surface area contributed by atoms with Crippen LogP contribution in [0.4, 0.5) is 19.1 Å². The van der Waals surface area contributed by atoms with Crippen LogP contribution in [0.3, 0.4) is 0 Å². The Morgan fingerprint density at radius 2 is 2.14 bits per heavy atom. The molecule has 0 aromatic carbocycles. The van der Waals surface area contributed by atoms with Gasteiger partial charge in [-0.25, -0.2) is 4.68 Å². The SMILES string of the molecule is Nc1nc(Br)n(COCC(F)(F)F)n1. The van der Waals surface area contributed by atoms with Gasteiger partial charge in [-0.15, -0.1) is 5.10 Å². The molecule has 0 saturated carbocycles. The fraction of sp³-hybridized carbons (Fsp3) is 0.600. The van der Waals surface area contributed by atoms with Gasteiger partial charge in [-0.3, -0.25) is 0 Å². The topological polar surface area (TPSA) is 66.0 Å². The number of hydrogen-bond acceptors (Lipinski definition) is 4. The predicted octanol–water partition coefficient (Wildman–Crippen LogP) is 1.16. The Balaban J connectivity index is 2.42. The first-order chi connectivity index (χ1) is 6.38. The second kappa shape index (κ2) is 4.13. The second-order valence-corrected chi connectivity index (χ2v) is 3.04. The Hall–Kier alpha value is -0.830. The van der Waals surface area contributed by atoms with Gasteiger partial charge in [0.25, 0.3) is 0 Å². The fourth-order valence-electron chi connectivity index (χ4n) is 0.670. The van der Waals surface area contributed by atoms with Crippen molar-refractivity contribution in [2.45, 2.75) is 12.9 Å². The number of nitrogens with two attached hydrogens (primary N) is 1. The third-order valence-corrected chi connectivity index (χ3v) is 1.71. The number of nitrogens with zero attached hydrogens (tertiary/aromatic N) is 3. The van der Waals surface area contributed by atoms with E-state index in [2.05, 4.69) is 30.7 Å². The minimum absolute atomic E-state index is 0.0347. The molecule has 2 N–H and O–H groups in total. The standard InChI is InChI=1S/C5H6BrF3N4O/c6-3-11-4(10)12-13(3)2-14-1-5(7,8)9/h1-2H2,(H2,10,12). The van der Waals surface area contributed by atoms with Gasteiger partial charge in [-0.1, -0.05) is 0 Å². The van der Waals surface area contributed by atoms with Crippen molar-refractivity contribution in [3.05, 3.63) is 4.73 Å². The van der Waals surface area contributed by atoms with Gasteiger partial charge in [0.15, 0.2) is 4.73 Å². The number of ether oxygens (including phenoxy) is 1. The van der Waals surface area contributed by atoms with E-state index in [0.717, 1.165) is 4.68 Å². The zero-order valence-corrected chi connectivity index (χ0v) is 8.34.